The molecule has 7 nitrogen and oxygen atoms in total. The molecular formula is C21H25N3O4. The second-order valence-corrected chi connectivity index (χ2v) is 8.19. The number of hydrogen-bond donors (Lipinski definition) is 1. The van der Waals surface area contributed by atoms with Crippen LogP contribution in [-0.4, -0.2) is 54.5 Å². The highest BCUT2D eigenvalue weighted by atomic mass is 16.5. The Hall–Kier alpha value is -2.41. The molecule has 28 heavy (non-hydrogen) atoms. The van der Waals surface area contributed by atoms with Gasteiger partial charge in [0.1, 0.15) is 0 Å². The smallest absolute Gasteiger partial charge is 0.287 e. The van der Waals surface area contributed by atoms with Gasteiger partial charge in [-0.25, -0.2) is 0 Å². The van der Waals surface area contributed by atoms with Crippen LogP contribution in [0.15, 0.2) is 28.9 Å². The van der Waals surface area contributed by atoms with E-state index in [2.05, 4.69) is 15.2 Å². The molecule has 3 aliphatic rings. The third-order valence-corrected chi connectivity index (χ3v) is 6.56. The summed E-state index contributed by atoms with van der Waals surface area (Å²) in [5.74, 6) is 2.46. The van der Waals surface area contributed by atoms with Gasteiger partial charge >= 0.3 is 0 Å². The van der Waals surface area contributed by atoms with Crippen molar-refractivity contribution in [1.29, 1.82) is 0 Å². The summed E-state index contributed by atoms with van der Waals surface area (Å²) in [6, 6.07) is 3.58. The van der Waals surface area contributed by atoms with Gasteiger partial charge in [0.25, 0.3) is 5.91 Å². The number of nitrogens with one attached hydrogen (secondary N) is 1. The van der Waals surface area contributed by atoms with E-state index in [4.69, 9.17) is 9.15 Å². The fourth-order valence-corrected chi connectivity index (χ4v) is 4.90. The molecule has 0 spiro atoms. The van der Waals surface area contributed by atoms with Crippen molar-refractivity contribution in [3.05, 3.63) is 30.3 Å². The van der Waals surface area contributed by atoms with E-state index in [0.29, 0.717) is 54.8 Å². The molecule has 2 unspecified atom stereocenters. The number of amides is 2. The molecule has 0 bridgehead atoms. The summed E-state index contributed by atoms with van der Waals surface area (Å²) < 4.78 is 10.9. The number of ether oxygens (including phenoxy) is 1. The normalized spacial score (nSPS) is 27.0. The van der Waals surface area contributed by atoms with Crippen LogP contribution in [0.4, 0.5) is 0 Å². The van der Waals surface area contributed by atoms with Gasteiger partial charge in [0, 0.05) is 50.3 Å². The first kappa shape index (κ1) is 17.7. The van der Waals surface area contributed by atoms with Crippen LogP contribution in [0.1, 0.15) is 29.8 Å². The number of pyridine rings is 1. The molecule has 5 rings (SSSR count). The zero-order valence-corrected chi connectivity index (χ0v) is 15.8. The molecule has 0 aromatic carbocycles. The van der Waals surface area contributed by atoms with Gasteiger partial charge in [-0.05, 0) is 49.1 Å². The van der Waals surface area contributed by atoms with Crippen LogP contribution in [0.2, 0.25) is 0 Å². The fourth-order valence-electron chi connectivity index (χ4n) is 4.90. The van der Waals surface area contributed by atoms with Crippen molar-refractivity contribution in [1.82, 2.24) is 15.2 Å². The van der Waals surface area contributed by atoms with Crippen LogP contribution in [0.25, 0.3) is 11.0 Å². The summed E-state index contributed by atoms with van der Waals surface area (Å²) in [4.78, 5) is 31.0. The molecule has 1 saturated carbocycles. The molecule has 2 aliphatic heterocycles. The quantitative estimate of drug-likeness (QED) is 0.855. The molecule has 1 N–H and O–H groups in total. The number of carbonyl (C=O) groups excluding carboxylic acids is 2. The highest BCUT2D eigenvalue weighted by molar-refractivity contribution is 5.95. The first-order chi connectivity index (χ1) is 13.7. The Labute approximate surface area is 163 Å². The first-order valence-corrected chi connectivity index (χ1v) is 10.2. The molecule has 148 valence electrons. The summed E-state index contributed by atoms with van der Waals surface area (Å²) >= 11 is 0. The van der Waals surface area contributed by atoms with E-state index >= 15 is 0 Å². The zero-order valence-electron chi connectivity index (χ0n) is 15.8. The van der Waals surface area contributed by atoms with Gasteiger partial charge in [-0.3, -0.25) is 14.6 Å². The van der Waals surface area contributed by atoms with Gasteiger partial charge in [0.15, 0.2) is 11.3 Å². The summed E-state index contributed by atoms with van der Waals surface area (Å²) in [6.07, 6.45) is 5.98. The molecule has 2 aromatic heterocycles. The molecule has 7 heteroatoms. The molecule has 1 aliphatic carbocycles. The van der Waals surface area contributed by atoms with E-state index < -0.39 is 0 Å². The third kappa shape index (κ3) is 3.28. The molecule has 2 atom stereocenters. The number of fused-ring (bicyclic) bond motifs is 2. The Morgan fingerprint density at radius 2 is 2.00 bits per heavy atom. The van der Waals surface area contributed by atoms with Crippen LogP contribution < -0.4 is 5.32 Å². The van der Waals surface area contributed by atoms with E-state index in [0.717, 1.165) is 37.7 Å². The predicted molar refractivity (Wildman–Crippen MR) is 102 cm³/mol. The van der Waals surface area contributed by atoms with Crippen molar-refractivity contribution < 1.29 is 18.7 Å². The topological polar surface area (TPSA) is 84.7 Å². The van der Waals surface area contributed by atoms with Gasteiger partial charge < -0.3 is 19.4 Å². The van der Waals surface area contributed by atoms with Crippen LogP contribution >= 0.6 is 0 Å². The summed E-state index contributed by atoms with van der Waals surface area (Å²) in [5, 5.41) is 3.84. The highest BCUT2D eigenvalue weighted by Crippen LogP contribution is 2.53. The van der Waals surface area contributed by atoms with Gasteiger partial charge in [0.2, 0.25) is 5.91 Å². The first-order valence-electron chi connectivity index (χ1n) is 10.2. The Kier molecular flexibility index (Phi) is 4.55. The summed E-state index contributed by atoms with van der Waals surface area (Å²) in [5.41, 5.74) is 0.624. The predicted octanol–water partition coefficient (Wildman–Crippen LogP) is 2.08. The maximum absolute atomic E-state index is 12.6. The zero-order chi connectivity index (χ0) is 19.1. The Morgan fingerprint density at radius 1 is 1.21 bits per heavy atom. The van der Waals surface area contributed by atoms with Crippen molar-refractivity contribution in [2.45, 2.75) is 19.3 Å². The van der Waals surface area contributed by atoms with Gasteiger partial charge in [0.05, 0.1) is 6.20 Å². The highest BCUT2D eigenvalue weighted by Gasteiger charge is 2.56. The molecule has 2 aromatic rings. The molecule has 2 amide bonds. The molecular weight excluding hydrogens is 358 g/mol. The fraction of sp³-hybridized carbons (Fsp3) is 0.571. The summed E-state index contributed by atoms with van der Waals surface area (Å²) in [6.45, 7) is 3.83. The van der Waals surface area contributed by atoms with Crippen molar-refractivity contribution in [3.63, 3.8) is 0 Å². The number of aromatic nitrogens is 1. The Morgan fingerprint density at radius 3 is 2.75 bits per heavy atom. The molecule has 2 saturated heterocycles. The minimum absolute atomic E-state index is 0.156. The van der Waals surface area contributed by atoms with Crippen LogP contribution in [0.5, 0.6) is 0 Å². The number of rotatable bonds is 5. The third-order valence-electron chi connectivity index (χ3n) is 6.56. The molecule has 4 heterocycles. The van der Waals surface area contributed by atoms with Gasteiger partial charge in [-0.1, -0.05) is 0 Å². The van der Waals surface area contributed by atoms with Crippen LogP contribution in [0.3, 0.4) is 0 Å². The number of likely N-dealkylation sites (tertiary alicyclic amines) is 1. The lowest BCUT2D eigenvalue weighted by Gasteiger charge is -2.28. The lowest BCUT2D eigenvalue weighted by atomic mass is 9.98. The summed E-state index contributed by atoms with van der Waals surface area (Å²) in [7, 11) is 0. The van der Waals surface area contributed by atoms with Crippen molar-refractivity contribution in [2.75, 3.05) is 32.8 Å². The van der Waals surface area contributed by atoms with Crippen molar-refractivity contribution in [3.8, 4) is 0 Å². The minimum atomic E-state index is -0.182. The molecule has 3 fully saturated rings. The Bertz CT molecular complexity index is 844. The number of nitrogens with zero attached hydrogens (tertiary/aromatic N) is 2. The maximum atomic E-state index is 12.6. The SMILES string of the molecule is O=C(NCCC1C2CN(C(=O)C3CCOCC3)CC12)c1cc2ccncc2o1. The number of piperidine rings is 1. The number of hydrogen-bond acceptors (Lipinski definition) is 5. The van der Waals surface area contributed by atoms with Gasteiger partial charge in [-0.2, -0.15) is 0 Å². The average molecular weight is 383 g/mol. The van der Waals surface area contributed by atoms with Crippen LogP contribution in [0, 0.1) is 23.7 Å². The standard InChI is InChI=1S/C21H25N3O4/c25-20(18-9-14-1-5-22-10-19(14)28-18)23-6-2-15-16-11-24(12-17(15)16)21(26)13-3-7-27-8-4-13/h1,5,9-10,13,15-17H,2-4,6-8,11-12H2,(H,23,25). The minimum Gasteiger partial charge on any atom is -0.449 e. The van der Waals surface area contributed by atoms with Crippen LogP contribution in [-0.2, 0) is 9.53 Å². The monoisotopic (exact) mass is 383 g/mol. The largest absolute Gasteiger partial charge is 0.449 e. The second-order valence-electron chi connectivity index (χ2n) is 8.19. The maximum Gasteiger partial charge on any atom is 0.287 e. The van der Waals surface area contributed by atoms with Gasteiger partial charge in [-0.15, -0.1) is 0 Å². The average Bonchev–Trinajstić information content (AvgIpc) is 3.10. The number of furan rings is 1. The lowest BCUT2D eigenvalue weighted by Crippen LogP contribution is -2.38. The van der Waals surface area contributed by atoms with Crippen molar-refractivity contribution in [2.24, 2.45) is 23.7 Å². The van der Waals surface area contributed by atoms with E-state index in [1.165, 1.54) is 0 Å². The Balaban J connectivity index is 1.06. The van der Waals surface area contributed by atoms with E-state index in [1.54, 1.807) is 18.5 Å². The molecule has 0 radical (unpaired) electrons. The number of carbonyl (C=O) groups is 2. The van der Waals surface area contributed by atoms with Crippen molar-refractivity contribution >= 4 is 22.8 Å². The van der Waals surface area contributed by atoms with E-state index in [9.17, 15) is 9.59 Å². The van der Waals surface area contributed by atoms with E-state index in [-0.39, 0.29) is 11.8 Å². The van der Waals surface area contributed by atoms with E-state index in [1.807, 2.05) is 6.07 Å². The second kappa shape index (κ2) is 7.20. The lowest BCUT2D eigenvalue weighted by molar-refractivity contribution is -0.138.